The number of hydrogen-bond donors (Lipinski definition) is 0. The van der Waals surface area contributed by atoms with Gasteiger partial charge in [-0.1, -0.05) is 0 Å². The molecule has 6 heteroatoms. The quantitative estimate of drug-likeness (QED) is 0.558. The van der Waals surface area contributed by atoms with Gasteiger partial charge in [0.05, 0.1) is 18.6 Å². The fourth-order valence-electron chi connectivity index (χ4n) is 1.14. The maximum Gasteiger partial charge on any atom is 0.308 e. The van der Waals surface area contributed by atoms with E-state index < -0.39 is 21.4 Å². The lowest BCUT2D eigenvalue weighted by atomic mass is 10.0. The van der Waals surface area contributed by atoms with Crippen molar-refractivity contribution in [2.45, 2.75) is 11.7 Å². The molecule has 0 N–H and O–H groups in total. The van der Waals surface area contributed by atoms with Crippen LogP contribution in [0, 0.1) is 17.2 Å². The molecule has 0 aromatic carbocycles. The smallest absolute Gasteiger partial charge is 0.308 e. The van der Waals surface area contributed by atoms with Crippen molar-refractivity contribution in [3.8, 4) is 6.07 Å². The van der Waals surface area contributed by atoms with Crippen molar-refractivity contribution in [2.75, 3.05) is 13.2 Å². The van der Waals surface area contributed by atoms with Gasteiger partial charge in [0.25, 0.3) is 0 Å². The van der Waals surface area contributed by atoms with Gasteiger partial charge >= 0.3 is 10.2 Å². The predicted molar refractivity (Wildman–Crippen MR) is 38.4 cm³/mol. The molecule has 0 bridgehead atoms. The predicted octanol–water partition coefficient (Wildman–Crippen LogP) is 0.214. The van der Waals surface area contributed by atoms with Gasteiger partial charge in [-0.05, 0) is 6.42 Å². The van der Waals surface area contributed by atoms with Crippen LogP contribution in [0.2, 0.25) is 0 Å². The second-order valence-electron chi connectivity index (χ2n) is 2.61. The normalized spacial score (nSPS) is 31.0. The molecule has 0 amide bonds. The SMILES string of the molecule is N#CC1CCOCC1S(=O)(=O)F. The van der Waals surface area contributed by atoms with Gasteiger partial charge in [0.15, 0.2) is 0 Å². The standard InChI is InChI=1S/C6H8FNO3S/c7-12(9,10)6-4-11-2-1-5(6)3-8/h5-6H,1-2,4H2. The Morgan fingerprint density at radius 1 is 1.58 bits per heavy atom. The molecule has 0 radical (unpaired) electrons. The number of nitriles is 1. The third kappa shape index (κ3) is 1.93. The van der Waals surface area contributed by atoms with Crippen LogP contribution in [0.1, 0.15) is 6.42 Å². The topological polar surface area (TPSA) is 67.2 Å². The summed E-state index contributed by atoms with van der Waals surface area (Å²) in [6.45, 7) is 0.112. The molecular weight excluding hydrogens is 185 g/mol. The number of ether oxygens (including phenoxy) is 1. The number of rotatable bonds is 1. The lowest BCUT2D eigenvalue weighted by Crippen LogP contribution is -2.36. The molecule has 1 saturated heterocycles. The van der Waals surface area contributed by atoms with E-state index in [2.05, 4.69) is 0 Å². The first-order valence-corrected chi connectivity index (χ1v) is 4.91. The largest absolute Gasteiger partial charge is 0.380 e. The molecule has 1 fully saturated rings. The Morgan fingerprint density at radius 3 is 2.67 bits per heavy atom. The first-order valence-electron chi connectivity index (χ1n) is 3.46. The Balaban J connectivity index is 2.81. The lowest BCUT2D eigenvalue weighted by Gasteiger charge is -2.22. The van der Waals surface area contributed by atoms with Gasteiger partial charge in [0, 0.05) is 6.61 Å². The number of halogens is 1. The summed E-state index contributed by atoms with van der Waals surface area (Å²) in [6.07, 6.45) is 0.282. The summed E-state index contributed by atoms with van der Waals surface area (Å²) >= 11 is 0. The number of nitrogens with zero attached hydrogens (tertiary/aromatic N) is 1. The molecule has 0 aromatic rings. The van der Waals surface area contributed by atoms with Gasteiger partial charge < -0.3 is 4.74 Å². The summed E-state index contributed by atoms with van der Waals surface area (Å²) in [6, 6.07) is 1.76. The minimum atomic E-state index is -4.63. The summed E-state index contributed by atoms with van der Waals surface area (Å²) in [5.74, 6) is -0.770. The summed E-state index contributed by atoms with van der Waals surface area (Å²) < 4.78 is 38.1. The third-order valence-electron chi connectivity index (χ3n) is 1.83. The highest BCUT2D eigenvalue weighted by molar-refractivity contribution is 7.87. The van der Waals surface area contributed by atoms with Crippen LogP contribution in [-0.2, 0) is 15.0 Å². The maximum absolute atomic E-state index is 12.5. The summed E-state index contributed by atoms with van der Waals surface area (Å²) in [7, 11) is -4.63. The minimum absolute atomic E-state index is 0.211. The molecule has 2 atom stereocenters. The van der Waals surface area contributed by atoms with E-state index in [4.69, 9.17) is 10.00 Å². The second kappa shape index (κ2) is 3.37. The highest BCUT2D eigenvalue weighted by Gasteiger charge is 2.36. The molecule has 0 spiro atoms. The molecule has 4 nitrogen and oxygen atoms in total. The zero-order chi connectivity index (χ0) is 9.19. The molecule has 0 aliphatic carbocycles. The van der Waals surface area contributed by atoms with Crippen molar-refractivity contribution in [3.63, 3.8) is 0 Å². The first kappa shape index (κ1) is 9.42. The highest BCUT2D eigenvalue weighted by Crippen LogP contribution is 2.22. The average molecular weight is 193 g/mol. The van der Waals surface area contributed by atoms with Gasteiger partial charge in [-0.15, -0.1) is 3.89 Å². The molecule has 0 aromatic heterocycles. The van der Waals surface area contributed by atoms with Crippen molar-refractivity contribution in [1.82, 2.24) is 0 Å². The van der Waals surface area contributed by atoms with Gasteiger partial charge in [-0.25, -0.2) is 0 Å². The summed E-state index contributed by atoms with van der Waals surface area (Å²) in [4.78, 5) is 0. The van der Waals surface area contributed by atoms with E-state index in [1.165, 1.54) is 0 Å². The zero-order valence-electron chi connectivity index (χ0n) is 6.23. The van der Waals surface area contributed by atoms with E-state index in [0.29, 0.717) is 6.61 Å². The van der Waals surface area contributed by atoms with Crippen LogP contribution in [0.25, 0.3) is 0 Å². The minimum Gasteiger partial charge on any atom is -0.380 e. The van der Waals surface area contributed by atoms with E-state index >= 15 is 0 Å². The highest BCUT2D eigenvalue weighted by atomic mass is 32.3. The summed E-state index contributed by atoms with van der Waals surface area (Å²) in [5, 5.41) is 7.19. The fourth-order valence-corrected chi connectivity index (χ4v) is 1.99. The van der Waals surface area contributed by atoms with E-state index in [1.54, 1.807) is 6.07 Å². The van der Waals surface area contributed by atoms with Crippen molar-refractivity contribution < 1.29 is 17.0 Å². The average Bonchev–Trinajstić information content (AvgIpc) is 2.03. The van der Waals surface area contributed by atoms with E-state index in [1.807, 2.05) is 0 Å². The van der Waals surface area contributed by atoms with Crippen LogP contribution >= 0.6 is 0 Å². The Bertz CT molecular complexity index is 294. The Hall–Kier alpha value is -0.670. The van der Waals surface area contributed by atoms with Gasteiger partial charge in [-0.2, -0.15) is 13.7 Å². The molecule has 68 valence electrons. The maximum atomic E-state index is 12.5. The first-order chi connectivity index (χ1) is 5.55. The lowest BCUT2D eigenvalue weighted by molar-refractivity contribution is 0.0817. The van der Waals surface area contributed by atoms with Crippen LogP contribution in [0.15, 0.2) is 0 Å². The van der Waals surface area contributed by atoms with E-state index in [9.17, 15) is 12.3 Å². The third-order valence-corrected chi connectivity index (χ3v) is 3.02. The molecular formula is C6H8FNO3S. The molecule has 0 saturated carbocycles. The van der Waals surface area contributed by atoms with Crippen LogP contribution in [0.3, 0.4) is 0 Å². The molecule has 1 heterocycles. The van der Waals surface area contributed by atoms with Gasteiger partial charge in [-0.3, -0.25) is 0 Å². The molecule has 1 aliphatic rings. The Labute approximate surface area is 70.2 Å². The zero-order valence-corrected chi connectivity index (χ0v) is 7.05. The van der Waals surface area contributed by atoms with E-state index in [0.717, 1.165) is 0 Å². The Morgan fingerprint density at radius 2 is 2.25 bits per heavy atom. The Kier molecular flexibility index (Phi) is 2.65. The molecule has 12 heavy (non-hydrogen) atoms. The van der Waals surface area contributed by atoms with Crippen LogP contribution < -0.4 is 0 Å². The second-order valence-corrected chi connectivity index (χ2v) is 4.17. The molecule has 1 aliphatic heterocycles. The fraction of sp³-hybridized carbons (Fsp3) is 0.833. The molecule has 2 unspecified atom stereocenters. The van der Waals surface area contributed by atoms with Crippen molar-refractivity contribution in [1.29, 1.82) is 5.26 Å². The van der Waals surface area contributed by atoms with Crippen molar-refractivity contribution >= 4 is 10.2 Å². The summed E-state index contributed by atoms with van der Waals surface area (Å²) in [5.41, 5.74) is 0. The van der Waals surface area contributed by atoms with Crippen LogP contribution in [0.4, 0.5) is 3.89 Å². The van der Waals surface area contributed by atoms with E-state index in [-0.39, 0.29) is 13.0 Å². The molecule has 1 rings (SSSR count). The van der Waals surface area contributed by atoms with Crippen molar-refractivity contribution in [2.24, 2.45) is 5.92 Å². The van der Waals surface area contributed by atoms with Gasteiger partial charge in [0.2, 0.25) is 0 Å². The number of hydrogen-bond acceptors (Lipinski definition) is 4. The van der Waals surface area contributed by atoms with Crippen LogP contribution in [-0.4, -0.2) is 26.9 Å². The van der Waals surface area contributed by atoms with Crippen molar-refractivity contribution in [3.05, 3.63) is 0 Å². The van der Waals surface area contributed by atoms with Crippen LogP contribution in [0.5, 0.6) is 0 Å². The van der Waals surface area contributed by atoms with Gasteiger partial charge in [0.1, 0.15) is 5.25 Å². The monoisotopic (exact) mass is 193 g/mol.